The van der Waals surface area contributed by atoms with Gasteiger partial charge in [-0.1, -0.05) is 28.1 Å². The number of rotatable bonds is 2. The van der Waals surface area contributed by atoms with Crippen molar-refractivity contribution < 1.29 is 4.79 Å². The maximum Gasteiger partial charge on any atom is 0.135 e. The molecule has 4 rings (SSSR count). The van der Waals surface area contributed by atoms with E-state index in [1.165, 1.54) is 29.3 Å². The fraction of sp³-hybridized carbons (Fsp3) is 0.562. The predicted octanol–water partition coefficient (Wildman–Crippen LogP) is 4.63. The first kappa shape index (κ1) is 12.4. The van der Waals surface area contributed by atoms with E-state index in [0.29, 0.717) is 11.2 Å². The van der Waals surface area contributed by atoms with Crippen LogP contribution < -0.4 is 0 Å². The molecule has 1 aromatic carbocycles. The molecule has 3 saturated carbocycles. The highest BCUT2D eigenvalue weighted by atomic mass is 79.9. The zero-order valence-corrected chi connectivity index (χ0v) is 12.4. The fourth-order valence-electron chi connectivity index (χ4n) is 3.97. The Hall–Kier alpha value is -0.630. The predicted molar refractivity (Wildman–Crippen MR) is 76.6 cm³/mol. The van der Waals surface area contributed by atoms with Gasteiger partial charge in [0.05, 0.1) is 0 Å². The standard InChI is InChI=1S/C16H19BrO/c1-12(18)15-5-8-16(9-6-15,10-7-15)13-3-2-4-14(17)11-13/h2-4,11H,5-10H2,1H3. The van der Waals surface area contributed by atoms with Crippen LogP contribution in [0.5, 0.6) is 0 Å². The summed E-state index contributed by atoms with van der Waals surface area (Å²) in [6.45, 7) is 1.79. The second-order valence-electron chi connectivity index (χ2n) is 6.13. The Morgan fingerprint density at radius 2 is 1.72 bits per heavy atom. The van der Waals surface area contributed by atoms with Crippen molar-refractivity contribution in [3.63, 3.8) is 0 Å². The van der Waals surface area contributed by atoms with Crippen LogP contribution >= 0.6 is 15.9 Å². The van der Waals surface area contributed by atoms with Gasteiger partial charge in [-0.3, -0.25) is 4.79 Å². The number of halogens is 1. The first-order chi connectivity index (χ1) is 8.56. The third kappa shape index (κ3) is 1.77. The third-order valence-corrected chi connectivity index (χ3v) is 5.92. The van der Waals surface area contributed by atoms with E-state index in [1.807, 2.05) is 0 Å². The minimum atomic E-state index is 0.0355. The number of Topliss-reactive ketones (excluding diaryl/α,β-unsaturated/α-hetero) is 1. The van der Waals surface area contributed by atoms with E-state index in [0.717, 1.165) is 19.3 Å². The molecule has 1 aromatic rings. The molecule has 96 valence electrons. The van der Waals surface area contributed by atoms with Crippen molar-refractivity contribution >= 4 is 21.7 Å². The number of hydrogen-bond donors (Lipinski definition) is 0. The zero-order chi connectivity index (χ0) is 12.8. The summed E-state index contributed by atoms with van der Waals surface area (Å²) in [5.41, 5.74) is 1.85. The van der Waals surface area contributed by atoms with Gasteiger partial charge in [0.15, 0.2) is 0 Å². The lowest BCUT2D eigenvalue weighted by Crippen LogP contribution is -2.47. The van der Waals surface area contributed by atoms with Crippen molar-refractivity contribution in [2.24, 2.45) is 5.41 Å². The van der Waals surface area contributed by atoms with Gasteiger partial charge in [0, 0.05) is 9.89 Å². The Kier molecular flexibility index (Phi) is 2.89. The second-order valence-corrected chi connectivity index (χ2v) is 7.04. The Balaban J connectivity index is 1.91. The molecule has 1 nitrogen and oxygen atoms in total. The summed E-state index contributed by atoms with van der Waals surface area (Å²) in [5.74, 6) is 0.421. The highest BCUT2D eigenvalue weighted by molar-refractivity contribution is 9.10. The van der Waals surface area contributed by atoms with Crippen LogP contribution in [0.2, 0.25) is 0 Å². The van der Waals surface area contributed by atoms with E-state index in [2.05, 4.69) is 40.2 Å². The molecule has 0 saturated heterocycles. The lowest BCUT2D eigenvalue weighted by atomic mass is 9.51. The molecule has 0 amide bonds. The fourth-order valence-corrected chi connectivity index (χ4v) is 4.36. The van der Waals surface area contributed by atoms with E-state index >= 15 is 0 Å². The first-order valence-corrected chi connectivity index (χ1v) is 7.63. The summed E-state index contributed by atoms with van der Waals surface area (Å²) in [4.78, 5) is 11.9. The van der Waals surface area contributed by atoms with Crippen LogP contribution in [0.3, 0.4) is 0 Å². The molecule has 2 heteroatoms. The molecule has 0 radical (unpaired) electrons. The van der Waals surface area contributed by atoms with Gasteiger partial charge >= 0.3 is 0 Å². The number of ketones is 1. The van der Waals surface area contributed by atoms with Gasteiger partial charge in [0.1, 0.15) is 5.78 Å². The normalized spacial score (nSPS) is 34.6. The second kappa shape index (κ2) is 4.19. The SMILES string of the molecule is CC(=O)C12CCC(c3cccc(Br)c3)(CC1)CC2. The van der Waals surface area contributed by atoms with Crippen molar-refractivity contribution in [1.82, 2.24) is 0 Å². The molecule has 2 bridgehead atoms. The van der Waals surface area contributed by atoms with Crippen LogP contribution in [0.25, 0.3) is 0 Å². The number of hydrogen-bond acceptors (Lipinski definition) is 1. The summed E-state index contributed by atoms with van der Waals surface area (Å²) in [6, 6.07) is 8.75. The maximum atomic E-state index is 11.9. The minimum Gasteiger partial charge on any atom is -0.299 e. The maximum absolute atomic E-state index is 11.9. The number of carbonyl (C=O) groups excluding carboxylic acids is 1. The van der Waals surface area contributed by atoms with Gasteiger partial charge in [0.2, 0.25) is 0 Å². The quantitative estimate of drug-likeness (QED) is 0.778. The molecule has 0 heterocycles. The molecule has 3 aliphatic rings. The first-order valence-electron chi connectivity index (χ1n) is 6.84. The molecule has 0 aromatic heterocycles. The molecule has 0 aliphatic heterocycles. The van der Waals surface area contributed by atoms with Crippen molar-refractivity contribution in [3.8, 4) is 0 Å². The van der Waals surface area contributed by atoms with Crippen LogP contribution in [0.1, 0.15) is 51.0 Å². The Morgan fingerprint density at radius 1 is 1.11 bits per heavy atom. The highest BCUT2D eigenvalue weighted by Gasteiger charge is 2.51. The van der Waals surface area contributed by atoms with Gasteiger partial charge in [-0.2, -0.15) is 0 Å². The third-order valence-electron chi connectivity index (χ3n) is 5.43. The van der Waals surface area contributed by atoms with Gasteiger partial charge in [0.25, 0.3) is 0 Å². The van der Waals surface area contributed by atoms with Crippen LogP contribution in [0, 0.1) is 5.41 Å². The molecular weight excluding hydrogens is 288 g/mol. The lowest BCUT2D eigenvalue weighted by molar-refractivity contribution is -0.133. The smallest absolute Gasteiger partial charge is 0.135 e. The summed E-state index contributed by atoms with van der Waals surface area (Å²) in [6.07, 6.45) is 6.83. The molecule has 0 spiro atoms. The van der Waals surface area contributed by atoms with Gasteiger partial charge < -0.3 is 0 Å². The van der Waals surface area contributed by atoms with E-state index in [9.17, 15) is 4.79 Å². The van der Waals surface area contributed by atoms with Gasteiger partial charge in [-0.05, 0) is 68.6 Å². The van der Waals surface area contributed by atoms with Crippen molar-refractivity contribution in [3.05, 3.63) is 34.3 Å². The topological polar surface area (TPSA) is 17.1 Å². The lowest BCUT2D eigenvalue weighted by Gasteiger charge is -2.52. The van der Waals surface area contributed by atoms with Crippen molar-refractivity contribution in [1.29, 1.82) is 0 Å². The van der Waals surface area contributed by atoms with E-state index in [1.54, 1.807) is 6.92 Å². The van der Waals surface area contributed by atoms with E-state index in [-0.39, 0.29) is 5.41 Å². The summed E-state index contributed by atoms with van der Waals surface area (Å²) >= 11 is 3.57. The van der Waals surface area contributed by atoms with Crippen molar-refractivity contribution in [2.45, 2.75) is 50.9 Å². The van der Waals surface area contributed by atoms with Gasteiger partial charge in [-0.15, -0.1) is 0 Å². The van der Waals surface area contributed by atoms with Crippen LogP contribution in [0.4, 0.5) is 0 Å². The number of carbonyl (C=O) groups is 1. The average molecular weight is 307 g/mol. The summed E-state index contributed by atoms with van der Waals surface area (Å²) < 4.78 is 1.17. The number of fused-ring (bicyclic) bond motifs is 3. The van der Waals surface area contributed by atoms with Crippen LogP contribution in [-0.2, 0) is 10.2 Å². The molecule has 0 unspecified atom stereocenters. The molecule has 18 heavy (non-hydrogen) atoms. The molecule has 3 fully saturated rings. The van der Waals surface area contributed by atoms with Crippen LogP contribution in [0.15, 0.2) is 28.7 Å². The number of benzene rings is 1. The summed E-state index contributed by atoms with van der Waals surface area (Å²) in [5, 5.41) is 0. The molecule has 0 atom stereocenters. The van der Waals surface area contributed by atoms with E-state index in [4.69, 9.17) is 0 Å². The Labute approximate surface area is 117 Å². The molecule has 3 aliphatic carbocycles. The average Bonchev–Trinajstić information content (AvgIpc) is 2.41. The molecular formula is C16H19BrO. The van der Waals surface area contributed by atoms with Crippen molar-refractivity contribution in [2.75, 3.05) is 0 Å². The minimum absolute atomic E-state index is 0.0355. The zero-order valence-electron chi connectivity index (χ0n) is 10.8. The van der Waals surface area contributed by atoms with E-state index < -0.39 is 0 Å². The Bertz CT molecular complexity index is 467. The largest absolute Gasteiger partial charge is 0.299 e. The molecule has 0 N–H and O–H groups in total. The highest BCUT2D eigenvalue weighted by Crippen LogP contribution is 2.58. The monoisotopic (exact) mass is 306 g/mol. The Morgan fingerprint density at radius 3 is 2.22 bits per heavy atom. The summed E-state index contributed by atoms with van der Waals surface area (Å²) in [7, 11) is 0. The van der Waals surface area contributed by atoms with Crippen LogP contribution in [-0.4, -0.2) is 5.78 Å². The van der Waals surface area contributed by atoms with Gasteiger partial charge in [-0.25, -0.2) is 0 Å².